The summed E-state index contributed by atoms with van der Waals surface area (Å²) < 4.78 is 10.6. The van der Waals surface area contributed by atoms with E-state index >= 15 is 0 Å². The van der Waals surface area contributed by atoms with Crippen molar-refractivity contribution in [3.63, 3.8) is 0 Å². The molecule has 0 fully saturated rings. The lowest BCUT2D eigenvalue weighted by Crippen LogP contribution is -2.13. The Kier molecular flexibility index (Phi) is 4.76. The molecule has 1 aromatic carbocycles. The molecule has 2 rings (SSSR count). The Bertz CT molecular complexity index is 552. The highest BCUT2D eigenvalue weighted by Gasteiger charge is 2.08. The molecule has 0 unspecified atom stereocenters. The fourth-order valence-electron chi connectivity index (χ4n) is 1.67. The van der Waals surface area contributed by atoms with Crippen LogP contribution in [-0.2, 0) is 17.8 Å². The minimum Gasteiger partial charge on any atom is -0.472 e. The van der Waals surface area contributed by atoms with Crippen molar-refractivity contribution in [1.82, 2.24) is 5.32 Å². The molecule has 0 bridgehead atoms. The molecule has 1 heterocycles. The molecule has 19 heavy (non-hydrogen) atoms. The van der Waals surface area contributed by atoms with Gasteiger partial charge in [-0.1, -0.05) is 22.0 Å². The van der Waals surface area contributed by atoms with E-state index in [1.54, 1.807) is 24.7 Å². The monoisotopic (exact) mass is 323 g/mol. The summed E-state index contributed by atoms with van der Waals surface area (Å²) in [5, 5.41) is 3.30. The molecule has 0 saturated heterocycles. The quantitative estimate of drug-likeness (QED) is 0.859. The van der Waals surface area contributed by atoms with E-state index in [2.05, 4.69) is 26.0 Å². The number of carbonyl (C=O) groups is 1. The minimum atomic E-state index is -0.335. The van der Waals surface area contributed by atoms with Crippen LogP contribution in [-0.4, -0.2) is 13.1 Å². The molecule has 0 spiro atoms. The number of nitrogens with one attached hydrogen (secondary N) is 1. The Balaban J connectivity index is 1.95. The molecular weight excluding hydrogens is 310 g/mol. The van der Waals surface area contributed by atoms with Crippen LogP contribution in [0.3, 0.4) is 0 Å². The first-order chi connectivity index (χ1) is 9.20. The number of ether oxygens (including phenoxy) is 1. The molecular formula is C14H14BrNO3. The summed E-state index contributed by atoms with van der Waals surface area (Å²) in [6.45, 7) is 1.44. The number of hydrogen-bond acceptors (Lipinski definition) is 4. The lowest BCUT2D eigenvalue weighted by atomic mass is 10.1. The van der Waals surface area contributed by atoms with E-state index in [0.717, 1.165) is 22.1 Å². The third kappa shape index (κ3) is 3.68. The van der Waals surface area contributed by atoms with E-state index in [1.807, 2.05) is 12.1 Å². The number of methoxy groups -OCH3 is 1. The number of carbonyl (C=O) groups excluding carboxylic acids is 1. The van der Waals surface area contributed by atoms with Crippen LogP contribution in [0.2, 0.25) is 0 Å². The zero-order chi connectivity index (χ0) is 13.7. The van der Waals surface area contributed by atoms with Crippen LogP contribution in [0.15, 0.2) is 45.7 Å². The minimum absolute atomic E-state index is 0.335. The Labute approximate surface area is 119 Å². The van der Waals surface area contributed by atoms with Crippen LogP contribution < -0.4 is 5.32 Å². The van der Waals surface area contributed by atoms with Gasteiger partial charge in [-0.05, 0) is 23.8 Å². The summed E-state index contributed by atoms with van der Waals surface area (Å²) in [7, 11) is 1.37. The molecule has 0 amide bonds. The van der Waals surface area contributed by atoms with E-state index in [0.29, 0.717) is 12.1 Å². The molecule has 0 aliphatic rings. The molecule has 0 aliphatic carbocycles. The standard InChI is InChI=1S/C14H14BrNO3/c1-18-14(17)11-2-3-12(13(15)6-11)8-16-7-10-4-5-19-9-10/h2-6,9,16H,7-8H2,1H3. The van der Waals surface area contributed by atoms with Gasteiger partial charge in [-0.3, -0.25) is 0 Å². The van der Waals surface area contributed by atoms with Crippen LogP contribution in [0, 0.1) is 0 Å². The normalized spacial score (nSPS) is 10.4. The van der Waals surface area contributed by atoms with Crippen molar-refractivity contribution in [3.8, 4) is 0 Å². The van der Waals surface area contributed by atoms with Crippen LogP contribution in [0.5, 0.6) is 0 Å². The summed E-state index contributed by atoms with van der Waals surface area (Å²) in [5.74, 6) is -0.335. The van der Waals surface area contributed by atoms with Crippen molar-refractivity contribution in [2.45, 2.75) is 13.1 Å². The second kappa shape index (κ2) is 6.54. The topological polar surface area (TPSA) is 51.5 Å². The Morgan fingerprint density at radius 2 is 2.21 bits per heavy atom. The summed E-state index contributed by atoms with van der Waals surface area (Å²) >= 11 is 3.46. The highest BCUT2D eigenvalue weighted by atomic mass is 79.9. The number of halogens is 1. The third-order valence-corrected chi connectivity index (χ3v) is 3.44. The summed E-state index contributed by atoms with van der Waals surface area (Å²) in [4.78, 5) is 11.4. The summed E-state index contributed by atoms with van der Waals surface area (Å²) in [5.41, 5.74) is 2.71. The van der Waals surface area contributed by atoms with Gasteiger partial charge in [0.1, 0.15) is 0 Å². The number of rotatable bonds is 5. The van der Waals surface area contributed by atoms with E-state index < -0.39 is 0 Å². The van der Waals surface area contributed by atoms with E-state index in [4.69, 9.17) is 4.42 Å². The fraction of sp³-hybridized carbons (Fsp3) is 0.214. The molecule has 100 valence electrons. The van der Waals surface area contributed by atoms with Gasteiger partial charge in [0.2, 0.25) is 0 Å². The van der Waals surface area contributed by atoms with Crippen molar-refractivity contribution >= 4 is 21.9 Å². The average Bonchev–Trinajstić information content (AvgIpc) is 2.93. The van der Waals surface area contributed by atoms with Crippen LogP contribution in [0.4, 0.5) is 0 Å². The van der Waals surface area contributed by atoms with Gasteiger partial charge in [0.05, 0.1) is 25.2 Å². The maximum Gasteiger partial charge on any atom is 0.337 e. The highest BCUT2D eigenvalue weighted by Crippen LogP contribution is 2.19. The van der Waals surface area contributed by atoms with Gasteiger partial charge in [0.15, 0.2) is 0 Å². The number of hydrogen-bond donors (Lipinski definition) is 1. The molecule has 0 radical (unpaired) electrons. The third-order valence-electron chi connectivity index (χ3n) is 2.70. The van der Waals surface area contributed by atoms with Crippen molar-refractivity contribution in [2.24, 2.45) is 0 Å². The molecule has 5 heteroatoms. The molecule has 0 saturated carbocycles. The molecule has 2 aromatic rings. The predicted octanol–water partition coefficient (Wildman–Crippen LogP) is 3.12. The summed E-state index contributed by atoms with van der Waals surface area (Å²) in [6.07, 6.45) is 3.36. The van der Waals surface area contributed by atoms with Crippen molar-refractivity contribution < 1.29 is 13.9 Å². The predicted molar refractivity (Wildman–Crippen MR) is 74.7 cm³/mol. The van der Waals surface area contributed by atoms with Gasteiger partial charge in [0, 0.05) is 23.1 Å². The van der Waals surface area contributed by atoms with Crippen LogP contribution in [0.25, 0.3) is 0 Å². The number of esters is 1. The maximum atomic E-state index is 11.4. The van der Waals surface area contributed by atoms with Gasteiger partial charge in [-0.15, -0.1) is 0 Å². The van der Waals surface area contributed by atoms with E-state index in [-0.39, 0.29) is 5.97 Å². The fourth-order valence-corrected chi connectivity index (χ4v) is 2.19. The van der Waals surface area contributed by atoms with Crippen molar-refractivity contribution in [2.75, 3.05) is 7.11 Å². The number of benzene rings is 1. The number of furan rings is 1. The molecule has 4 nitrogen and oxygen atoms in total. The first-order valence-electron chi connectivity index (χ1n) is 5.79. The van der Waals surface area contributed by atoms with Crippen LogP contribution >= 0.6 is 15.9 Å². The van der Waals surface area contributed by atoms with E-state index in [9.17, 15) is 4.79 Å². The Hall–Kier alpha value is -1.59. The van der Waals surface area contributed by atoms with Gasteiger partial charge >= 0.3 is 5.97 Å². The van der Waals surface area contributed by atoms with Gasteiger partial charge in [0.25, 0.3) is 0 Å². The zero-order valence-electron chi connectivity index (χ0n) is 10.5. The lowest BCUT2D eigenvalue weighted by molar-refractivity contribution is 0.0600. The largest absolute Gasteiger partial charge is 0.472 e. The zero-order valence-corrected chi connectivity index (χ0v) is 12.1. The smallest absolute Gasteiger partial charge is 0.337 e. The highest BCUT2D eigenvalue weighted by molar-refractivity contribution is 9.10. The van der Waals surface area contributed by atoms with Gasteiger partial charge in [-0.2, -0.15) is 0 Å². The molecule has 0 aliphatic heterocycles. The van der Waals surface area contributed by atoms with E-state index in [1.165, 1.54) is 7.11 Å². The molecule has 0 atom stereocenters. The van der Waals surface area contributed by atoms with Gasteiger partial charge < -0.3 is 14.5 Å². The van der Waals surface area contributed by atoms with Crippen molar-refractivity contribution in [1.29, 1.82) is 0 Å². The van der Waals surface area contributed by atoms with Gasteiger partial charge in [-0.25, -0.2) is 4.79 Å². The first kappa shape index (κ1) is 13.8. The SMILES string of the molecule is COC(=O)c1ccc(CNCc2ccoc2)c(Br)c1. The van der Waals surface area contributed by atoms with Crippen LogP contribution in [0.1, 0.15) is 21.5 Å². The second-order valence-corrected chi connectivity index (χ2v) is 4.89. The lowest BCUT2D eigenvalue weighted by Gasteiger charge is -2.07. The van der Waals surface area contributed by atoms with Crippen molar-refractivity contribution in [3.05, 3.63) is 58.0 Å². The molecule has 1 aromatic heterocycles. The molecule has 1 N–H and O–H groups in total. The Morgan fingerprint density at radius 3 is 2.84 bits per heavy atom. The Morgan fingerprint density at radius 1 is 1.37 bits per heavy atom. The average molecular weight is 324 g/mol. The summed E-state index contributed by atoms with van der Waals surface area (Å²) in [6, 6.07) is 7.34. The second-order valence-electron chi connectivity index (χ2n) is 4.03. The first-order valence-corrected chi connectivity index (χ1v) is 6.58. The maximum absolute atomic E-state index is 11.4.